The first-order chi connectivity index (χ1) is 14.0. The van der Waals surface area contributed by atoms with Crippen LogP contribution in [0.2, 0.25) is 5.02 Å². The second kappa shape index (κ2) is 7.94. The molecule has 1 heterocycles. The summed E-state index contributed by atoms with van der Waals surface area (Å²) in [6.07, 6.45) is 0. The molecule has 144 valence electrons. The van der Waals surface area contributed by atoms with Crippen LogP contribution in [0.1, 0.15) is 21.6 Å². The highest BCUT2D eigenvalue weighted by Gasteiger charge is 2.17. The Bertz CT molecular complexity index is 1160. The van der Waals surface area contributed by atoms with Crippen LogP contribution >= 0.6 is 11.6 Å². The Morgan fingerprint density at radius 1 is 0.897 bits per heavy atom. The van der Waals surface area contributed by atoms with E-state index < -0.39 is 0 Å². The molecule has 0 aliphatic rings. The van der Waals surface area contributed by atoms with Gasteiger partial charge < -0.3 is 5.32 Å². The number of carbonyl (C=O) groups is 1. The van der Waals surface area contributed by atoms with Crippen LogP contribution in [-0.2, 0) is 0 Å². The number of hydrogen-bond acceptors (Lipinski definition) is 2. The number of nitrogens with one attached hydrogen (secondary N) is 1. The summed E-state index contributed by atoms with van der Waals surface area (Å²) in [5.41, 5.74) is 6.08. The number of aryl methyl sites for hydroxylation is 2. The molecule has 0 atom stereocenters. The summed E-state index contributed by atoms with van der Waals surface area (Å²) in [4.78, 5) is 12.8. The molecule has 4 rings (SSSR count). The fourth-order valence-corrected chi connectivity index (χ4v) is 3.23. The smallest absolute Gasteiger partial charge is 0.276 e. The van der Waals surface area contributed by atoms with E-state index in [9.17, 15) is 4.79 Å². The van der Waals surface area contributed by atoms with Gasteiger partial charge in [0.05, 0.1) is 11.4 Å². The summed E-state index contributed by atoms with van der Waals surface area (Å²) in [6, 6.07) is 25.1. The number of carbonyl (C=O) groups excluding carboxylic acids is 1. The molecule has 0 aliphatic carbocycles. The minimum atomic E-state index is -0.271. The molecule has 4 aromatic rings. The Balaban J connectivity index is 1.75. The van der Waals surface area contributed by atoms with E-state index in [1.165, 1.54) is 5.56 Å². The molecule has 0 saturated heterocycles. The maximum atomic E-state index is 12.8. The number of anilines is 1. The van der Waals surface area contributed by atoms with Gasteiger partial charge in [-0.15, -0.1) is 0 Å². The lowest BCUT2D eigenvalue weighted by Crippen LogP contribution is -2.13. The van der Waals surface area contributed by atoms with Crippen molar-refractivity contribution in [1.82, 2.24) is 9.78 Å². The normalized spacial score (nSPS) is 10.7. The van der Waals surface area contributed by atoms with Gasteiger partial charge in [0.1, 0.15) is 0 Å². The van der Waals surface area contributed by atoms with Crippen molar-refractivity contribution >= 4 is 23.2 Å². The quantitative estimate of drug-likeness (QED) is 0.451. The van der Waals surface area contributed by atoms with Crippen LogP contribution in [-0.4, -0.2) is 15.7 Å². The lowest BCUT2D eigenvalue weighted by atomic mass is 10.1. The van der Waals surface area contributed by atoms with Crippen LogP contribution in [0.5, 0.6) is 0 Å². The van der Waals surface area contributed by atoms with Crippen molar-refractivity contribution in [2.45, 2.75) is 13.8 Å². The Morgan fingerprint density at radius 3 is 2.31 bits per heavy atom. The van der Waals surface area contributed by atoms with Crippen molar-refractivity contribution in [1.29, 1.82) is 0 Å². The third-order valence-electron chi connectivity index (χ3n) is 4.64. The van der Waals surface area contributed by atoms with E-state index >= 15 is 0 Å². The van der Waals surface area contributed by atoms with Crippen molar-refractivity contribution in [3.8, 4) is 16.9 Å². The van der Waals surface area contributed by atoms with Gasteiger partial charge >= 0.3 is 0 Å². The van der Waals surface area contributed by atoms with E-state index in [0.29, 0.717) is 16.4 Å². The highest BCUT2D eigenvalue weighted by Crippen LogP contribution is 2.25. The fourth-order valence-electron chi connectivity index (χ4n) is 3.11. The number of benzene rings is 3. The molecule has 0 unspecified atom stereocenters. The fraction of sp³-hybridized carbons (Fsp3) is 0.0833. The maximum absolute atomic E-state index is 12.8. The summed E-state index contributed by atoms with van der Waals surface area (Å²) < 4.78 is 1.81. The molecule has 1 aromatic heterocycles. The summed E-state index contributed by atoms with van der Waals surface area (Å²) in [5.74, 6) is -0.271. The molecule has 3 aromatic carbocycles. The van der Waals surface area contributed by atoms with Gasteiger partial charge in [0, 0.05) is 16.3 Å². The topological polar surface area (TPSA) is 46.9 Å². The molecule has 0 saturated carbocycles. The second-order valence-electron chi connectivity index (χ2n) is 6.99. The van der Waals surface area contributed by atoms with Gasteiger partial charge in [-0.3, -0.25) is 4.79 Å². The van der Waals surface area contributed by atoms with E-state index in [4.69, 9.17) is 11.6 Å². The van der Waals surface area contributed by atoms with Gasteiger partial charge in [-0.25, -0.2) is 4.68 Å². The average molecular weight is 402 g/mol. The number of halogens is 1. The largest absolute Gasteiger partial charge is 0.321 e. The van der Waals surface area contributed by atoms with Gasteiger partial charge in [0.15, 0.2) is 5.69 Å². The Morgan fingerprint density at radius 2 is 1.62 bits per heavy atom. The molecule has 0 radical (unpaired) electrons. The van der Waals surface area contributed by atoms with Crippen molar-refractivity contribution in [2.75, 3.05) is 5.32 Å². The van der Waals surface area contributed by atoms with Crippen molar-refractivity contribution in [2.24, 2.45) is 0 Å². The lowest BCUT2D eigenvalue weighted by molar-refractivity contribution is 0.102. The van der Waals surface area contributed by atoms with Crippen molar-refractivity contribution in [3.63, 3.8) is 0 Å². The number of nitrogens with zero attached hydrogens (tertiary/aromatic N) is 2. The molecule has 4 nitrogen and oxygen atoms in total. The Hall–Kier alpha value is -3.37. The lowest BCUT2D eigenvalue weighted by Gasteiger charge is -2.08. The van der Waals surface area contributed by atoms with E-state index in [1.54, 1.807) is 24.3 Å². The van der Waals surface area contributed by atoms with Gasteiger partial charge in [0.25, 0.3) is 5.91 Å². The van der Waals surface area contributed by atoms with Gasteiger partial charge in [-0.05, 0) is 61.9 Å². The maximum Gasteiger partial charge on any atom is 0.276 e. The molecular weight excluding hydrogens is 382 g/mol. The first kappa shape index (κ1) is 19.0. The van der Waals surface area contributed by atoms with Crippen LogP contribution in [0, 0.1) is 13.8 Å². The number of hydrogen-bond donors (Lipinski definition) is 1. The Labute approximate surface area is 174 Å². The van der Waals surface area contributed by atoms with Gasteiger partial charge in [0.2, 0.25) is 0 Å². The zero-order chi connectivity index (χ0) is 20.4. The van der Waals surface area contributed by atoms with E-state index in [0.717, 1.165) is 22.5 Å². The third-order valence-corrected chi connectivity index (χ3v) is 4.89. The van der Waals surface area contributed by atoms with Gasteiger partial charge in [-0.2, -0.15) is 5.10 Å². The van der Waals surface area contributed by atoms with Crippen LogP contribution in [0.25, 0.3) is 16.9 Å². The molecule has 0 bridgehead atoms. The number of amides is 1. The first-order valence-electron chi connectivity index (χ1n) is 9.31. The molecule has 1 N–H and O–H groups in total. The number of rotatable bonds is 4. The van der Waals surface area contributed by atoms with Crippen LogP contribution in [0.4, 0.5) is 5.69 Å². The van der Waals surface area contributed by atoms with E-state index in [-0.39, 0.29) is 5.91 Å². The Kier molecular flexibility index (Phi) is 5.19. The first-order valence-corrected chi connectivity index (χ1v) is 9.68. The highest BCUT2D eigenvalue weighted by molar-refractivity contribution is 6.30. The zero-order valence-corrected chi connectivity index (χ0v) is 16.9. The third kappa shape index (κ3) is 4.23. The average Bonchev–Trinajstić information content (AvgIpc) is 3.16. The monoisotopic (exact) mass is 401 g/mol. The summed E-state index contributed by atoms with van der Waals surface area (Å²) in [5, 5.41) is 8.11. The minimum absolute atomic E-state index is 0.271. The van der Waals surface area contributed by atoms with Crippen LogP contribution < -0.4 is 5.32 Å². The molecule has 0 aliphatic heterocycles. The molecule has 1 amide bonds. The van der Waals surface area contributed by atoms with E-state index in [1.807, 2.05) is 61.0 Å². The molecule has 5 heteroatoms. The highest BCUT2D eigenvalue weighted by atomic mass is 35.5. The van der Waals surface area contributed by atoms with Crippen LogP contribution in [0.3, 0.4) is 0 Å². The number of aromatic nitrogens is 2. The van der Waals surface area contributed by atoms with Crippen molar-refractivity contribution < 1.29 is 4.79 Å². The predicted octanol–water partition coefficient (Wildman–Crippen LogP) is 6.06. The summed E-state index contributed by atoms with van der Waals surface area (Å²) in [7, 11) is 0. The minimum Gasteiger partial charge on any atom is -0.321 e. The molecule has 29 heavy (non-hydrogen) atoms. The molecule has 0 spiro atoms. The van der Waals surface area contributed by atoms with Crippen LogP contribution in [0.15, 0.2) is 78.9 Å². The predicted molar refractivity (Wildman–Crippen MR) is 118 cm³/mol. The molecule has 0 fully saturated rings. The van der Waals surface area contributed by atoms with Crippen molar-refractivity contribution in [3.05, 3.63) is 101 Å². The summed E-state index contributed by atoms with van der Waals surface area (Å²) in [6.45, 7) is 4.08. The van der Waals surface area contributed by atoms with Gasteiger partial charge in [-0.1, -0.05) is 53.6 Å². The molecular formula is C24H20ClN3O. The SMILES string of the molecule is Cc1ccc(-c2cc(C(=O)Nc3ccc(Cl)cc3)nn2-c2cccc(C)c2)cc1. The van der Waals surface area contributed by atoms with E-state index in [2.05, 4.69) is 22.5 Å². The summed E-state index contributed by atoms with van der Waals surface area (Å²) >= 11 is 5.92. The second-order valence-corrected chi connectivity index (χ2v) is 7.43. The standard InChI is InChI=1S/C24H20ClN3O/c1-16-6-8-18(9-7-16)23-15-22(24(29)26-20-12-10-19(25)11-13-20)27-28(23)21-5-3-4-17(2)14-21/h3-15H,1-2H3,(H,26,29). The zero-order valence-electron chi connectivity index (χ0n) is 16.2.